The lowest BCUT2D eigenvalue weighted by Crippen LogP contribution is -2.25. The minimum Gasteiger partial charge on any atom is -0.312 e. The van der Waals surface area contributed by atoms with Gasteiger partial charge in [0.15, 0.2) is 5.65 Å². The fourth-order valence-corrected chi connectivity index (χ4v) is 3.69. The summed E-state index contributed by atoms with van der Waals surface area (Å²) in [7, 11) is 4.61. The summed E-state index contributed by atoms with van der Waals surface area (Å²) in [6, 6.07) is 6.10. The first-order chi connectivity index (χ1) is 13.7. The van der Waals surface area contributed by atoms with Gasteiger partial charge in [-0.15, -0.1) is 11.8 Å². The number of amides is 1. The number of hydrogen-bond donors (Lipinski definition) is 0. The largest absolute Gasteiger partial charge is 0.417 e. The Balaban J connectivity index is 2.13. The molecule has 154 valence electrons. The molecular weight excluding hydrogens is 405 g/mol. The van der Waals surface area contributed by atoms with Crippen molar-refractivity contribution < 1.29 is 22.8 Å². The van der Waals surface area contributed by atoms with Crippen molar-refractivity contribution in [1.82, 2.24) is 19.6 Å². The highest BCUT2D eigenvalue weighted by atomic mass is 32.2. The van der Waals surface area contributed by atoms with Crippen LogP contribution < -0.4 is 0 Å². The molecule has 0 aliphatic heterocycles. The molecule has 0 N–H and O–H groups in total. The maximum Gasteiger partial charge on any atom is 0.417 e. The number of alkyl halides is 3. The van der Waals surface area contributed by atoms with Crippen molar-refractivity contribution in [1.29, 1.82) is 0 Å². The second kappa shape index (κ2) is 8.03. The van der Waals surface area contributed by atoms with E-state index in [2.05, 4.69) is 9.97 Å². The molecule has 0 saturated heterocycles. The van der Waals surface area contributed by atoms with Crippen LogP contribution in [0.2, 0.25) is 0 Å². The van der Waals surface area contributed by atoms with Crippen molar-refractivity contribution >= 4 is 28.8 Å². The van der Waals surface area contributed by atoms with Crippen molar-refractivity contribution in [3.05, 3.63) is 41.6 Å². The molecular formula is C19H19F3N4O2S. The number of carbonyl (C=O) groups is 1. The fraction of sp³-hybridized carbons (Fsp3) is 0.316. The van der Waals surface area contributed by atoms with Crippen LogP contribution in [0.15, 0.2) is 35.4 Å². The van der Waals surface area contributed by atoms with Gasteiger partial charge in [-0.3, -0.25) is 9.63 Å². The van der Waals surface area contributed by atoms with E-state index < -0.39 is 11.7 Å². The van der Waals surface area contributed by atoms with Gasteiger partial charge in [-0.1, -0.05) is 6.92 Å². The molecule has 1 amide bonds. The maximum absolute atomic E-state index is 13.0. The van der Waals surface area contributed by atoms with Crippen LogP contribution in [-0.2, 0) is 18.1 Å². The van der Waals surface area contributed by atoms with Gasteiger partial charge in [0, 0.05) is 36.3 Å². The molecule has 0 unspecified atom stereocenters. The zero-order valence-corrected chi connectivity index (χ0v) is 17.1. The van der Waals surface area contributed by atoms with E-state index in [4.69, 9.17) is 4.84 Å². The van der Waals surface area contributed by atoms with Gasteiger partial charge in [0.25, 0.3) is 5.91 Å². The topological polar surface area (TPSA) is 60.3 Å². The number of thioether (sulfide) groups is 1. The second-order valence-electron chi connectivity index (χ2n) is 6.19. The predicted octanol–water partition coefficient (Wildman–Crippen LogP) is 4.40. The summed E-state index contributed by atoms with van der Waals surface area (Å²) >= 11 is 1.51. The Morgan fingerprint density at radius 2 is 2.03 bits per heavy atom. The van der Waals surface area contributed by atoms with E-state index in [9.17, 15) is 18.0 Å². The number of fused-ring (bicyclic) bond motifs is 1. The van der Waals surface area contributed by atoms with Crippen LogP contribution in [0.1, 0.15) is 22.8 Å². The van der Waals surface area contributed by atoms with Crippen molar-refractivity contribution in [3.63, 3.8) is 0 Å². The molecule has 3 aromatic rings. The van der Waals surface area contributed by atoms with Crippen LogP contribution in [0.3, 0.4) is 0 Å². The fourth-order valence-electron chi connectivity index (χ4n) is 2.85. The molecule has 6 nitrogen and oxygen atoms in total. The SMILES string of the molecule is CCSc1cc(C(=O)N(C)OC)ccc1-c1nc2cc(C(F)(F)F)cnc2n1C. The Morgan fingerprint density at radius 1 is 1.31 bits per heavy atom. The number of rotatable bonds is 5. The molecule has 0 fully saturated rings. The molecule has 0 aliphatic rings. The average Bonchev–Trinajstić information content (AvgIpc) is 3.02. The number of benzene rings is 1. The number of halogens is 3. The summed E-state index contributed by atoms with van der Waals surface area (Å²) in [6.07, 6.45) is -3.69. The second-order valence-corrected chi connectivity index (χ2v) is 7.49. The third kappa shape index (κ3) is 4.08. The van der Waals surface area contributed by atoms with Gasteiger partial charge in [0.1, 0.15) is 11.3 Å². The van der Waals surface area contributed by atoms with Gasteiger partial charge < -0.3 is 4.57 Å². The summed E-state index contributed by atoms with van der Waals surface area (Å²) in [5.74, 6) is 0.908. The molecule has 0 bridgehead atoms. The number of aromatic nitrogens is 3. The Morgan fingerprint density at radius 3 is 2.66 bits per heavy atom. The highest BCUT2D eigenvalue weighted by Crippen LogP contribution is 2.35. The summed E-state index contributed by atoms with van der Waals surface area (Å²) in [5.41, 5.74) is 0.804. The quantitative estimate of drug-likeness (QED) is 0.449. The number of nitrogens with zero attached hydrogens (tertiary/aromatic N) is 4. The molecule has 3 rings (SSSR count). The van der Waals surface area contributed by atoms with Crippen LogP contribution in [0, 0.1) is 0 Å². The molecule has 0 saturated carbocycles. The van der Waals surface area contributed by atoms with Crippen LogP contribution >= 0.6 is 11.8 Å². The lowest BCUT2D eigenvalue weighted by atomic mass is 10.1. The highest BCUT2D eigenvalue weighted by Gasteiger charge is 2.32. The van der Waals surface area contributed by atoms with E-state index in [0.717, 1.165) is 28.0 Å². The number of hydrogen-bond acceptors (Lipinski definition) is 5. The number of imidazole rings is 1. The first-order valence-corrected chi connectivity index (χ1v) is 9.65. The summed E-state index contributed by atoms with van der Waals surface area (Å²) < 4.78 is 40.6. The van der Waals surface area contributed by atoms with E-state index in [1.165, 1.54) is 25.9 Å². The number of pyridine rings is 1. The van der Waals surface area contributed by atoms with Gasteiger partial charge in [-0.25, -0.2) is 15.0 Å². The molecule has 1 aromatic carbocycles. The lowest BCUT2D eigenvalue weighted by Gasteiger charge is -2.15. The normalized spacial score (nSPS) is 11.8. The van der Waals surface area contributed by atoms with E-state index in [-0.39, 0.29) is 11.4 Å². The van der Waals surface area contributed by atoms with Crippen molar-refractivity contribution in [3.8, 4) is 11.4 Å². The molecule has 29 heavy (non-hydrogen) atoms. The minimum atomic E-state index is -4.49. The third-order valence-corrected chi connectivity index (χ3v) is 5.30. The Labute approximate surface area is 169 Å². The lowest BCUT2D eigenvalue weighted by molar-refractivity contribution is -0.137. The van der Waals surface area contributed by atoms with Crippen LogP contribution in [0.25, 0.3) is 22.6 Å². The number of hydroxylamine groups is 2. The van der Waals surface area contributed by atoms with Gasteiger partial charge in [0.05, 0.1) is 12.7 Å². The smallest absolute Gasteiger partial charge is 0.312 e. The maximum atomic E-state index is 13.0. The highest BCUT2D eigenvalue weighted by molar-refractivity contribution is 7.99. The first-order valence-electron chi connectivity index (χ1n) is 8.66. The zero-order chi connectivity index (χ0) is 21.3. The Kier molecular flexibility index (Phi) is 5.85. The van der Waals surface area contributed by atoms with E-state index in [1.807, 2.05) is 6.92 Å². The van der Waals surface area contributed by atoms with Crippen LogP contribution in [0.4, 0.5) is 13.2 Å². The van der Waals surface area contributed by atoms with E-state index in [0.29, 0.717) is 22.6 Å². The monoisotopic (exact) mass is 424 g/mol. The molecule has 0 radical (unpaired) electrons. The van der Waals surface area contributed by atoms with Crippen molar-refractivity contribution in [2.24, 2.45) is 7.05 Å². The zero-order valence-electron chi connectivity index (χ0n) is 16.2. The molecule has 10 heteroatoms. The summed E-state index contributed by atoms with van der Waals surface area (Å²) in [5, 5.41) is 1.12. The number of aryl methyl sites for hydroxylation is 1. The van der Waals surface area contributed by atoms with Gasteiger partial charge in [-0.2, -0.15) is 13.2 Å². The molecule has 0 spiro atoms. The van der Waals surface area contributed by atoms with Crippen molar-refractivity contribution in [2.75, 3.05) is 19.9 Å². The average molecular weight is 424 g/mol. The first kappa shape index (κ1) is 21.1. The van der Waals surface area contributed by atoms with Crippen LogP contribution in [-0.4, -0.2) is 45.4 Å². The summed E-state index contributed by atoms with van der Waals surface area (Å²) in [4.78, 5) is 26.4. The minimum absolute atomic E-state index is 0.157. The standard InChI is InChI=1S/C19H19F3N4O2S/c1-5-29-15-8-11(18(27)26(3)28-4)6-7-13(15)16-24-14-9-12(19(20,21)22)10-23-17(14)25(16)2/h6-10H,5H2,1-4H3. The predicted molar refractivity (Wildman–Crippen MR) is 104 cm³/mol. The third-order valence-electron chi connectivity index (χ3n) is 4.37. The molecule has 0 atom stereocenters. The van der Waals surface area contributed by atoms with E-state index in [1.54, 1.807) is 29.8 Å². The Hall–Kier alpha value is -2.59. The van der Waals surface area contributed by atoms with Gasteiger partial charge in [-0.05, 0) is 30.0 Å². The molecule has 2 heterocycles. The Bertz CT molecular complexity index is 1070. The molecule has 0 aliphatic carbocycles. The molecule has 2 aromatic heterocycles. The number of carbonyl (C=O) groups excluding carboxylic acids is 1. The van der Waals surface area contributed by atoms with Gasteiger partial charge in [0.2, 0.25) is 0 Å². The summed E-state index contributed by atoms with van der Waals surface area (Å²) in [6.45, 7) is 1.97. The van der Waals surface area contributed by atoms with Gasteiger partial charge >= 0.3 is 6.18 Å². The van der Waals surface area contributed by atoms with E-state index >= 15 is 0 Å². The van der Waals surface area contributed by atoms with Crippen LogP contribution in [0.5, 0.6) is 0 Å². The van der Waals surface area contributed by atoms with Crippen molar-refractivity contribution in [2.45, 2.75) is 18.0 Å².